The van der Waals surface area contributed by atoms with Gasteiger partial charge in [0.15, 0.2) is 0 Å². The molecule has 1 aromatic rings. The first-order valence-corrected chi connectivity index (χ1v) is 6.42. The van der Waals surface area contributed by atoms with Gasteiger partial charge in [0.2, 0.25) is 0 Å². The lowest BCUT2D eigenvalue weighted by molar-refractivity contribution is 0.628. The van der Waals surface area contributed by atoms with Gasteiger partial charge in [-0.15, -0.1) is 0 Å². The van der Waals surface area contributed by atoms with Gasteiger partial charge >= 0.3 is 0 Å². The molecule has 0 amide bonds. The van der Waals surface area contributed by atoms with Gasteiger partial charge in [0, 0.05) is 18.9 Å². The first-order chi connectivity index (χ1) is 7.88. The topological polar surface area (TPSA) is 37.8 Å². The smallest absolute Gasteiger partial charge is 0.147 e. The summed E-state index contributed by atoms with van der Waals surface area (Å²) < 4.78 is 0. The largest absolute Gasteiger partial charge is 0.369 e. The summed E-state index contributed by atoms with van der Waals surface area (Å²) in [5.74, 6) is 0.959. The fourth-order valence-corrected chi connectivity index (χ4v) is 1.76. The number of hydrogen-bond donors (Lipinski definition) is 1. The van der Waals surface area contributed by atoms with Crippen LogP contribution in [0, 0.1) is 0 Å². The summed E-state index contributed by atoms with van der Waals surface area (Å²) in [6.07, 6.45) is 11.1. The highest BCUT2D eigenvalue weighted by molar-refractivity contribution is 5.39. The predicted molar refractivity (Wildman–Crippen MR) is 68.7 cm³/mol. The molecule has 0 atom stereocenters. The molecule has 3 heteroatoms. The van der Waals surface area contributed by atoms with E-state index < -0.39 is 0 Å². The Bertz CT molecular complexity index is 286. The van der Waals surface area contributed by atoms with Gasteiger partial charge < -0.3 is 5.32 Å². The number of anilines is 1. The van der Waals surface area contributed by atoms with Crippen molar-refractivity contribution < 1.29 is 0 Å². The molecular weight excluding hydrogens is 198 g/mol. The van der Waals surface area contributed by atoms with Crippen molar-refractivity contribution in [2.24, 2.45) is 0 Å². The second kappa shape index (κ2) is 8.08. The Hall–Kier alpha value is -1.12. The van der Waals surface area contributed by atoms with Crippen LogP contribution in [0.5, 0.6) is 0 Å². The first-order valence-electron chi connectivity index (χ1n) is 6.42. The number of nitrogens with zero attached hydrogens (tertiary/aromatic N) is 2. The van der Waals surface area contributed by atoms with Crippen LogP contribution in [0.1, 0.15) is 51.6 Å². The standard InChI is InChI=1S/C13H23N3/c1-3-5-6-7-8-9-12-13(14-4-2)16-11-10-15-12/h10-11H,3-9H2,1-2H3,(H,14,16). The van der Waals surface area contributed by atoms with Gasteiger partial charge in [-0.1, -0.05) is 32.6 Å². The summed E-state index contributed by atoms with van der Waals surface area (Å²) in [7, 11) is 0. The minimum atomic E-state index is 0.904. The molecule has 0 radical (unpaired) electrons. The van der Waals surface area contributed by atoms with E-state index in [2.05, 4.69) is 29.1 Å². The molecule has 3 nitrogen and oxygen atoms in total. The van der Waals surface area contributed by atoms with Crippen molar-refractivity contribution in [2.45, 2.75) is 52.4 Å². The maximum Gasteiger partial charge on any atom is 0.147 e. The Balaban J connectivity index is 2.34. The molecule has 0 spiro atoms. The van der Waals surface area contributed by atoms with Gasteiger partial charge in [-0.2, -0.15) is 0 Å². The number of nitrogens with one attached hydrogen (secondary N) is 1. The third kappa shape index (κ3) is 4.60. The predicted octanol–water partition coefficient (Wildman–Crippen LogP) is 3.42. The lowest BCUT2D eigenvalue weighted by Gasteiger charge is -2.07. The average Bonchev–Trinajstić information content (AvgIpc) is 2.31. The maximum atomic E-state index is 4.39. The van der Waals surface area contributed by atoms with E-state index in [1.807, 2.05) is 0 Å². The van der Waals surface area contributed by atoms with Crippen LogP contribution >= 0.6 is 0 Å². The van der Waals surface area contributed by atoms with Crippen LogP contribution in [-0.2, 0) is 6.42 Å². The van der Waals surface area contributed by atoms with E-state index in [1.54, 1.807) is 12.4 Å². The summed E-state index contributed by atoms with van der Waals surface area (Å²) in [5, 5.41) is 3.25. The van der Waals surface area contributed by atoms with E-state index in [1.165, 1.54) is 32.1 Å². The van der Waals surface area contributed by atoms with Crippen LogP contribution in [0.4, 0.5) is 5.82 Å². The normalized spacial score (nSPS) is 10.4. The van der Waals surface area contributed by atoms with E-state index in [0.717, 1.165) is 24.5 Å². The van der Waals surface area contributed by atoms with Crippen molar-refractivity contribution in [1.29, 1.82) is 0 Å². The Labute approximate surface area is 98.7 Å². The summed E-state index contributed by atoms with van der Waals surface area (Å²) in [4.78, 5) is 8.70. The molecule has 1 rings (SSSR count). The number of aryl methyl sites for hydroxylation is 1. The van der Waals surface area contributed by atoms with Crippen molar-refractivity contribution in [3.8, 4) is 0 Å². The Morgan fingerprint density at radius 3 is 2.50 bits per heavy atom. The van der Waals surface area contributed by atoms with Crippen molar-refractivity contribution in [2.75, 3.05) is 11.9 Å². The van der Waals surface area contributed by atoms with Crippen LogP contribution < -0.4 is 5.32 Å². The molecule has 16 heavy (non-hydrogen) atoms. The molecule has 0 bridgehead atoms. The third-order valence-corrected chi connectivity index (χ3v) is 2.64. The van der Waals surface area contributed by atoms with Gasteiger partial charge in [-0.25, -0.2) is 4.98 Å². The fourth-order valence-electron chi connectivity index (χ4n) is 1.76. The van der Waals surface area contributed by atoms with E-state index >= 15 is 0 Å². The molecule has 0 aromatic carbocycles. The van der Waals surface area contributed by atoms with Crippen LogP contribution in [0.3, 0.4) is 0 Å². The molecule has 0 fully saturated rings. The Morgan fingerprint density at radius 2 is 1.75 bits per heavy atom. The van der Waals surface area contributed by atoms with E-state index in [-0.39, 0.29) is 0 Å². The summed E-state index contributed by atoms with van der Waals surface area (Å²) in [5.41, 5.74) is 1.11. The van der Waals surface area contributed by atoms with Gasteiger partial charge in [0.1, 0.15) is 5.82 Å². The van der Waals surface area contributed by atoms with Gasteiger partial charge in [-0.05, 0) is 19.8 Å². The molecule has 90 valence electrons. The number of unbranched alkanes of at least 4 members (excludes halogenated alkanes) is 4. The zero-order valence-corrected chi connectivity index (χ0v) is 10.5. The number of rotatable bonds is 8. The molecule has 0 saturated carbocycles. The molecule has 0 aliphatic rings. The van der Waals surface area contributed by atoms with E-state index in [0.29, 0.717) is 0 Å². The van der Waals surface area contributed by atoms with Crippen molar-refractivity contribution in [3.05, 3.63) is 18.1 Å². The van der Waals surface area contributed by atoms with Gasteiger partial charge in [-0.3, -0.25) is 4.98 Å². The highest BCUT2D eigenvalue weighted by Crippen LogP contribution is 2.12. The molecular formula is C13H23N3. The minimum absolute atomic E-state index is 0.904. The molecule has 0 aliphatic carbocycles. The quantitative estimate of drug-likeness (QED) is 0.683. The molecule has 1 heterocycles. The monoisotopic (exact) mass is 221 g/mol. The lowest BCUT2D eigenvalue weighted by Crippen LogP contribution is -2.05. The lowest BCUT2D eigenvalue weighted by atomic mass is 10.1. The van der Waals surface area contributed by atoms with E-state index in [4.69, 9.17) is 0 Å². The van der Waals surface area contributed by atoms with E-state index in [9.17, 15) is 0 Å². The highest BCUT2D eigenvalue weighted by atomic mass is 15.0. The maximum absolute atomic E-state index is 4.39. The minimum Gasteiger partial charge on any atom is -0.369 e. The van der Waals surface area contributed by atoms with Crippen molar-refractivity contribution in [1.82, 2.24) is 9.97 Å². The fraction of sp³-hybridized carbons (Fsp3) is 0.692. The molecule has 0 aliphatic heterocycles. The van der Waals surface area contributed by atoms with Crippen LogP contribution in [-0.4, -0.2) is 16.5 Å². The summed E-state index contributed by atoms with van der Waals surface area (Å²) >= 11 is 0. The zero-order chi connectivity index (χ0) is 11.6. The molecule has 0 saturated heterocycles. The van der Waals surface area contributed by atoms with Crippen LogP contribution in [0.15, 0.2) is 12.4 Å². The molecule has 1 N–H and O–H groups in total. The summed E-state index contributed by atoms with van der Waals surface area (Å²) in [6, 6.07) is 0. The Morgan fingerprint density at radius 1 is 1.00 bits per heavy atom. The highest BCUT2D eigenvalue weighted by Gasteiger charge is 2.02. The molecule has 0 unspecified atom stereocenters. The first kappa shape index (κ1) is 12.9. The SMILES string of the molecule is CCCCCCCc1nccnc1NCC. The second-order valence-electron chi connectivity index (χ2n) is 4.05. The summed E-state index contributed by atoms with van der Waals surface area (Å²) in [6.45, 7) is 5.23. The molecule has 1 aromatic heterocycles. The number of aromatic nitrogens is 2. The van der Waals surface area contributed by atoms with Crippen molar-refractivity contribution >= 4 is 5.82 Å². The third-order valence-electron chi connectivity index (χ3n) is 2.64. The zero-order valence-electron chi connectivity index (χ0n) is 10.5. The number of hydrogen-bond acceptors (Lipinski definition) is 3. The average molecular weight is 221 g/mol. The second-order valence-corrected chi connectivity index (χ2v) is 4.05. The van der Waals surface area contributed by atoms with Gasteiger partial charge in [0.05, 0.1) is 5.69 Å². The van der Waals surface area contributed by atoms with Gasteiger partial charge in [0.25, 0.3) is 0 Å². The Kier molecular flexibility index (Phi) is 6.54. The van der Waals surface area contributed by atoms with Crippen LogP contribution in [0.2, 0.25) is 0 Å². The van der Waals surface area contributed by atoms with Crippen LogP contribution in [0.25, 0.3) is 0 Å². The van der Waals surface area contributed by atoms with Crippen molar-refractivity contribution in [3.63, 3.8) is 0 Å².